The Morgan fingerprint density at radius 2 is 2.15 bits per heavy atom. The molecule has 0 saturated carbocycles. The molecule has 0 saturated heterocycles. The minimum absolute atomic E-state index is 0. The van der Waals surface area contributed by atoms with Gasteiger partial charge in [-0.2, -0.15) is 0 Å². The lowest BCUT2D eigenvalue weighted by Gasteiger charge is -2.16. The Labute approximate surface area is 146 Å². The van der Waals surface area contributed by atoms with Crippen LogP contribution < -0.4 is 10.6 Å². The molecule has 0 bridgehead atoms. The van der Waals surface area contributed by atoms with Crippen LogP contribution in [-0.4, -0.2) is 25.1 Å². The molecule has 0 atom stereocenters. The molecule has 0 amide bonds. The molecule has 0 aromatic carbocycles. The van der Waals surface area contributed by atoms with Crippen LogP contribution in [0, 0.1) is 0 Å². The standard InChI is InChI=1S/C14H20ClN3S.HI/c1-2-16-14(18-11-5-3-4-6-11)17-10-9-12-7-8-13(15)19-12;/h3-4,7-8,11H,2,5-6,9-10H2,1H3,(H2,16,17,18);1H. The Kier molecular flexibility index (Phi) is 8.56. The molecule has 0 radical (unpaired) electrons. The molecule has 1 aromatic heterocycles. The van der Waals surface area contributed by atoms with Crippen LogP contribution in [0.5, 0.6) is 0 Å². The summed E-state index contributed by atoms with van der Waals surface area (Å²) in [7, 11) is 0. The second-order valence-corrected chi connectivity index (χ2v) is 6.30. The quantitative estimate of drug-likeness (QED) is 0.325. The summed E-state index contributed by atoms with van der Waals surface area (Å²) in [5.41, 5.74) is 0. The Bertz CT molecular complexity index is 451. The number of guanidine groups is 1. The molecule has 1 aliphatic rings. The molecule has 1 heterocycles. The zero-order valence-electron chi connectivity index (χ0n) is 11.6. The molecule has 1 aliphatic carbocycles. The number of hydrogen-bond donors (Lipinski definition) is 2. The summed E-state index contributed by atoms with van der Waals surface area (Å²) in [6, 6.07) is 4.51. The summed E-state index contributed by atoms with van der Waals surface area (Å²) < 4.78 is 0.848. The Hall–Kier alpha value is -0.270. The van der Waals surface area contributed by atoms with Gasteiger partial charge in [0, 0.05) is 30.4 Å². The van der Waals surface area contributed by atoms with Crippen LogP contribution in [0.3, 0.4) is 0 Å². The molecule has 0 aliphatic heterocycles. The van der Waals surface area contributed by atoms with E-state index in [1.54, 1.807) is 11.3 Å². The van der Waals surface area contributed by atoms with Crippen molar-refractivity contribution in [3.8, 4) is 0 Å². The van der Waals surface area contributed by atoms with Crippen molar-refractivity contribution >= 4 is 52.9 Å². The van der Waals surface area contributed by atoms with Crippen molar-refractivity contribution in [3.63, 3.8) is 0 Å². The molecule has 1 aromatic rings. The van der Waals surface area contributed by atoms with Crippen LogP contribution in [0.25, 0.3) is 0 Å². The minimum atomic E-state index is 0. The van der Waals surface area contributed by atoms with Gasteiger partial charge in [-0.3, -0.25) is 4.99 Å². The topological polar surface area (TPSA) is 36.4 Å². The van der Waals surface area contributed by atoms with Gasteiger partial charge in [0.15, 0.2) is 5.96 Å². The maximum atomic E-state index is 5.92. The van der Waals surface area contributed by atoms with Crippen LogP contribution in [0.15, 0.2) is 29.3 Å². The molecule has 0 unspecified atom stereocenters. The molecular weight excluding hydrogens is 405 g/mol. The van der Waals surface area contributed by atoms with E-state index in [4.69, 9.17) is 11.6 Å². The summed E-state index contributed by atoms with van der Waals surface area (Å²) >= 11 is 7.55. The third-order valence-corrected chi connectivity index (χ3v) is 4.24. The molecule has 20 heavy (non-hydrogen) atoms. The van der Waals surface area contributed by atoms with E-state index in [1.807, 2.05) is 6.07 Å². The third kappa shape index (κ3) is 6.01. The summed E-state index contributed by atoms with van der Waals surface area (Å²) in [4.78, 5) is 5.90. The summed E-state index contributed by atoms with van der Waals surface area (Å²) in [6.45, 7) is 3.76. The highest BCUT2D eigenvalue weighted by atomic mass is 127. The van der Waals surface area contributed by atoms with Crippen LogP contribution >= 0.6 is 46.9 Å². The van der Waals surface area contributed by atoms with E-state index in [0.29, 0.717) is 6.04 Å². The number of aliphatic imine (C=N–C) groups is 1. The number of rotatable bonds is 5. The van der Waals surface area contributed by atoms with Gasteiger partial charge < -0.3 is 10.6 Å². The fraction of sp³-hybridized carbons (Fsp3) is 0.500. The average molecular weight is 426 g/mol. The van der Waals surface area contributed by atoms with Crippen molar-refractivity contribution in [1.82, 2.24) is 10.6 Å². The summed E-state index contributed by atoms with van der Waals surface area (Å²) in [5, 5.41) is 6.75. The third-order valence-electron chi connectivity index (χ3n) is 2.95. The van der Waals surface area contributed by atoms with Crippen molar-refractivity contribution in [2.75, 3.05) is 13.1 Å². The highest BCUT2D eigenvalue weighted by Gasteiger charge is 2.11. The molecule has 0 fully saturated rings. The van der Waals surface area contributed by atoms with Crippen LogP contribution in [0.4, 0.5) is 0 Å². The second-order valence-electron chi connectivity index (χ2n) is 4.50. The van der Waals surface area contributed by atoms with E-state index in [1.165, 1.54) is 4.88 Å². The summed E-state index contributed by atoms with van der Waals surface area (Å²) in [5.74, 6) is 0.916. The lowest BCUT2D eigenvalue weighted by molar-refractivity contribution is 0.633. The Morgan fingerprint density at radius 3 is 2.75 bits per heavy atom. The first kappa shape index (κ1) is 17.8. The molecule has 6 heteroatoms. The van der Waals surface area contributed by atoms with E-state index in [2.05, 4.69) is 40.8 Å². The van der Waals surface area contributed by atoms with Crippen molar-refractivity contribution in [2.24, 2.45) is 4.99 Å². The minimum Gasteiger partial charge on any atom is -0.357 e. The first-order chi connectivity index (χ1) is 9.28. The van der Waals surface area contributed by atoms with Gasteiger partial charge in [-0.25, -0.2) is 0 Å². The van der Waals surface area contributed by atoms with Gasteiger partial charge >= 0.3 is 0 Å². The fourth-order valence-corrected chi connectivity index (χ4v) is 3.09. The van der Waals surface area contributed by atoms with Crippen molar-refractivity contribution in [2.45, 2.75) is 32.2 Å². The molecular formula is C14H21ClIN3S. The molecule has 3 nitrogen and oxygen atoms in total. The lowest BCUT2D eigenvalue weighted by atomic mass is 10.2. The zero-order valence-corrected chi connectivity index (χ0v) is 15.5. The maximum absolute atomic E-state index is 5.92. The van der Waals surface area contributed by atoms with E-state index in [-0.39, 0.29) is 24.0 Å². The Morgan fingerprint density at radius 1 is 1.40 bits per heavy atom. The largest absolute Gasteiger partial charge is 0.357 e. The lowest BCUT2D eigenvalue weighted by Crippen LogP contribution is -2.42. The number of nitrogens with one attached hydrogen (secondary N) is 2. The second kappa shape index (κ2) is 9.63. The highest BCUT2D eigenvalue weighted by Crippen LogP contribution is 2.21. The maximum Gasteiger partial charge on any atom is 0.191 e. The predicted octanol–water partition coefficient (Wildman–Crippen LogP) is 3.84. The van der Waals surface area contributed by atoms with Crippen molar-refractivity contribution < 1.29 is 0 Å². The zero-order chi connectivity index (χ0) is 13.5. The van der Waals surface area contributed by atoms with Gasteiger partial charge in [0.1, 0.15) is 0 Å². The van der Waals surface area contributed by atoms with Crippen LogP contribution in [0.2, 0.25) is 4.34 Å². The number of thiophene rings is 1. The van der Waals surface area contributed by atoms with Crippen molar-refractivity contribution in [1.29, 1.82) is 0 Å². The number of hydrogen-bond acceptors (Lipinski definition) is 2. The smallest absolute Gasteiger partial charge is 0.191 e. The van der Waals surface area contributed by atoms with E-state index >= 15 is 0 Å². The van der Waals surface area contributed by atoms with Gasteiger partial charge in [-0.1, -0.05) is 23.8 Å². The van der Waals surface area contributed by atoms with E-state index in [9.17, 15) is 0 Å². The Balaban J connectivity index is 0.00000200. The normalized spacial score (nSPS) is 15.2. The van der Waals surface area contributed by atoms with Crippen LogP contribution in [-0.2, 0) is 6.42 Å². The molecule has 112 valence electrons. The van der Waals surface area contributed by atoms with Gasteiger partial charge in [0.25, 0.3) is 0 Å². The van der Waals surface area contributed by atoms with E-state index in [0.717, 1.165) is 42.6 Å². The van der Waals surface area contributed by atoms with Gasteiger partial charge in [0.05, 0.1) is 4.34 Å². The fourth-order valence-electron chi connectivity index (χ4n) is 2.01. The SMILES string of the molecule is CCNC(=NCCc1ccc(Cl)s1)NC1CC=CC1.I. The molecule has 2 rings (SSSR count). The van der Waals surface area contributed by atoms with E-state index < -0.39 is 0 Å². The monoisotopic (exact) mass is 425 g/mol. The average Bonchev–Trinajstić information content (AvgIpc) is 3.01. The van der Waals surface area contributed by atoms with Gasteiger partial charge in [-0.15, -0.1) is 35.3 Å². The highest BCUT2D eigenvalue weighted by molar-refractivity contribution is 14.0. The number of nitrogens with zero attached hydrogens (tertiary/aromatic N) is 1. The molecule has 2 N–H and O–H groups in total. The van der Waals surface area contributed by atoms with Gasteiger partial charge in [-0.05, 0) is 31.9 Å². The van der Waals surface area contributed by atoms with Crippen LogP contribution in [0.1, 0.15) is 24.6 Å². The molecule has 0 spiro atoms. The van der Waals surface area contributed by atoms with Gasteiger partial charge in [0.2, 0.25) is 0 Å². The predicted molar refractivity (Wildman–Crippen MR) is 99.7 cm³/mol. The summed E-state index contributed by atoms with van der Waals surface area (Å²) in [6.07, 6.45) is 7.55. The van der Waals surface area contributed by atoms with Crippen molar-refractivity contribution in [3.05, 3.63) is 33.5 Å². The first-order valence-electron chi connectivity index (χ1n) is 6.72. The number of halogens is 2. The first-order valence-corrected chi connectivity index (χ1v) is 7.91.